The number of furan rings is 1. The summed E-state index contributed by atoms with van der Waals surface area (Å²) < 4.78 is 10.6. The van der Waals surface area contributed by atoms with Crippen LogP contribution in [-0.4, -0.2) is 23.6 Å². The average molecular weight is 317 g/mol. The van der Waals surface area contributed by atoms with Gasteiger partial charge in [-0.1, -0.05) is 19.1 Å². The van der Waals surface area contributed by atoms with Crippen LogP contribution in [0.15, 0.2) is 40.8 Å². The Bertz CT molecular complexity index is 677. The molecule has 1 aromatic carbocycles. The van der Waals surface area contributed by atoms with Crippen LogP contribution in [0, 0.1) is 0 Å². The Kier molecular flexibility index (Phi) is 5.80. The zero-order chi connectivity index (χ0) is 16.7. The van der Waals surface area contributed by atoms with Gasteiger partial charge in [0.1, 0.15) is 11.5 Å². The van der Waals surface area contributed by atoms with Crippen molar-refractivity contribution in [2.75, 3.05) is 6.61 Å². The van der Waals surface area contributed by atoms with Crippen LogP contribution >= 0.6 is 0 Å². The van der Waals surface area contributed by atoms with E-state index in [0.29, 0.717) is 12.4 Å². The minimum absolute atomic E-state index is 0.143. The minimum Gasteiger partial charge on any atom is -0.494 e. The first-order chi connectivity index (χ1) is 11.1. The van der Waals surface area contributed by atoms with E-state index in [1.54, 1.807) is 0 Å². The number of nitrogens with one attached hydrogen (secondary N) is 1. The second kappa shape index (κ2) is 8.03. The maximum absolute atomic E-state index is 11.9. The Balaban J connectivity index is 1.85. The summed E-state index contributed by atoms with van der Waals surface area (Å²) >= 11 is 0. The molecular weight excluding hydrogens is 298 g/mol. The lowest BCUT2D eigenvalue weighted by Crippen LogP contribution is -2.24. The van der Waals surface area contributed by atoms with Crippen molar-refractivity contribution in [1.29, 1.82) is 0 Å². The fourth-order valence-electron chi connectivity index (χ4n) is 1.99. The highest BCUT2D eigenvalue weighted by atomic mass is 16.5. The fraction of sp³-hybridized carbons (Fsp3) is 0.294. The van der Waals surface area contributed by atoms with Gasteiger partial charge in [0, 0.05) is 0 Å². The van der Waals surface area contributed by atoms with Crippen LogP contribution in [0.3, 0.4) is 0 Å². The van der Waals surface area contributed by atoms with Gasteiger partial charge in [-0.2, -0.15) is 0 Å². The number of hydrogen-bond donors (Lipinski definition) is 2. The second-order valence-corrected chi connectivity index (χ2v) is 5.02. The van der Waals surface area contributed by atoms with E-state index >= 15 is 0 Å². The Morgan fingerprint density at radius 3 is 2.78 bits per heavy atom. The molecule has 0 spiro atoms. The largest absolute Gasteiger partial charge is 0.494 e. The first-order valence-corrected chi connectivity index (χ1v) is 7.39. The summed E-state index contributed by atoms with van der Waals surface area (Å²) in [5.74, 6) is -0.308. The smallest absolute Gasteiger partial charge is 0.371 e. The molecule has 1 heterocycles. The molecule has 1 amide bonds. The number of carboxylic acid groups (broad SMARTS) is 1. The van der Waals surface area contributed by atoms with Gasteiger partial charge in [0.25, 0.3) is 0 Å². The summed E-state index contributed by atoms with van der Waals surface area (Å²) in [5.41, 5.74) is 0.849. The van der Waals surface area contributed by atoms with E-state index in [1.165, 1.54) is 12.1 Å². The molecule has 0 aliphatic heterocycles. The van der Waals surface area contributed by atoms with Crippen molar-refractivity contribution in [2.45, 2.75) is 26.3 Å². The molecule has 0 aliphatic rings. The standard InChI is InChI=1S/C17H19NO5/c1-2-8-22-13-5-3-4-12(9-13)10-16(19)18-11-14-6-7-15(23-14)17(20)21/h3-7,9H,2,8,10-11H2,1H3,(H,18,19)(H,20,21). The van der Waals surface area contributed by atoms with Gasteiger partial charge < -0.3 is 19.6 Å². The summed E-state index contributed by atoms with van der Waals surface area (Å²) in [7, 11) is 0. The third-order valence-corrected chi connectivity index (χ3v) is 3.07. The van der Waals surface area contributed by atoms with E-state index in [9.17, 15) is 9.59 Å². The molecule has 6 heteroatoms. The Morgan fingerprint density at radius 2 is 2.09 bits per heavy atom. The first-order valence-electron chi connectivity index (χ1n) is 7.39. The monoisotopic (exact) mass is 317 g/mol. The molecule has 0 radical (unpaired) electrons. The molecule has 0 bridgehead atoms. The van der Waals surface area contributed by atoms with E-state index in [4.69, 9.17) is 14.3 Å². The van der Waals surface area contributed by atoms with Crippen molar-refractivity contribution >= 4 is 11.9 Å². The summed E-state index contributed by atoms with van der Waals surface area (Å²) in [6.45, 7) is 2.82. The number of carbonyl (C=O) groups excluding carboxylic acids is 1. The second-order valence-electron chi connectivity index (χ2n) is 5.02. The van der Waals surface area contributed by atoms with Crippen molar-refractivity contribution in [1.82, 2.24) is 5.32 Å². The van der Waals surface area contributed by atoms with E-state index in [2.05, 4.69) is 5.32 Å². The molecule has 23 heavy (non-hydrogen) atoms. The van der Waals surface area contributed by atoms with Gasteiger partial charge in [0.2, 0.25) is 11.7 Å². The van der Waals surface area contributed by atoms with Crippen LogP contribution in [0.25, 0.3) is 0 Å². The maximum atomic E-state index is 11.9. The van der Waals surface area contributed by atoms with Crippen LogP contribution in [0.1, 0.15) is 35.2 Å². The third kappa shape index (κ3) is 5.18. The highest BCUT2D eigenvalue weighted by Crippen LogP contribution is 2.14. The normalized spacial score (nSPS) is 10.3. The van der Waals surface area contributed by atoms with Crippen molar-refractivity contribution in [3.8, 4) is 5.75 Å². The molecule has 0 unspecified atom stereocenters. The lowest BCUT2D eigenvalue weighted by Gasteiger charge is -2.07. The topological polar surface area (TPSA) is 88.8 Å². The zero-order valence-corrected chi connectivity index (χ0v) is 12.9. The van der Waals surface area contributed by atoms with Gasteiger partial charge in [-0.05, 0) is 36.2 Å². The van der Waals surface area contributed by atoms with Crippen LogP contribution in [0.2, 0.25) is 0 Å². The van der Waals surface area contributed by atoms with Gasteiger partial charge >= 0.3 is 5.97 Å². The number of ether oxygens (including phenoxy) is 1. The molecule has 2 rings (SSSR count). The van der Waals surface area contributed by atoms with Crippen LogP contribution < -0.4 is 10.1 Å². The maximum Gasteiger partial charge on any atom is 0.371 e. The van der Waals surface area contributed by atoms with Gasteiger partial charge in [-0.3, -0.25) is 4.79 Å². The summed E-state index contributed by atoms with van der Waals surface area (Å²) in [4.78, 5) is 22.6. The lowest BCUT2D eigenvalue weighted by molar-refractivity contribution is -0.120. The summed E-state index contributed by atoms with van der Waals surface area (Å²) in [5, 5.41) is 11.5. The number of rotatable bonds is 8. The number of hydrogen-bond acceptors (Lipinski definition) is 4. The van der Waals surface area contributed by atoms with Gasteiger partial charge in [-0.25, -0.2) is 4.79 Å². The number of carboxylic acids is 1. The predicted molar refractivity (Wildman–Crippen MR) is 83.4 cm³/mol. The summed E-state index contributed by atoms with van der Waals surface area (Å²) in [6, 6.07) is 10.3. The molecule has 0 aliphatic carbocycles. The van der Waals surface area contributed by atoms with E-state index in [1.807, 2.05) is 31.2 Å². The van der Waals surface area contributed by atoms with Crippen molar-refractivity contribution in [2.24, 2.45) is 0 Å². The Hall–Kier alpha value is -2.76. The zero-order valence-electron chi connectivity index (χ0n) is 12.9. The van der Waals surface area contributed by atoms with Crippen LogP contribution in [0.5, 0.6) is 5.75 Å². The highest BCUT2D eigenvalue weighted by molar-refractivity contribution is 5.84. The minimum atomic E-state index is -1.13. The molecule has 0 atom stereocenters. The molecule has 0 saturated carbocycles. The highest BCUT2D eigenvalue weighted by Gasteiger charge is 2.10. The Morgan fingerprint density at radius 1 is 1.26 bits per heavy atom. The van der Waals surface area contributed by atoms with Gasteiger partial charge in [-0.15, -0.1) is 0 Å². The first kappa shape index (κ1) is 16.6. The molecule has 0 saturated heterocycles. The van der Waals surface area contributed by atoms with E-state index in [0.717, 1.165) is 17.7 Å². The summed E-state index contributed by atoms with van der Waals surface area (Å²) in [6.07, 6.45) is 1.14. The van der Waals surface area contributed by atoms with Crippen LogP contribution in [0.4, 0.5) is 0 Å². The molecule has 1 aromatic heterocycles. The van der Waals surface area contributed by atoms with Crippen molar-refractivity contribution in [3.05, 3.63) is 53.5 Å². The number of carbonyl (C=O) groups is 2. The van der Waals surface area contributed by atoms with Gasteiger partial charge in [0.15, 0.2) is 0 Å². The molecule has 2 aromatic rings. The third-order valence-electron chi connectivity index (χ3n) is 3.07. The molecular formula is C17H19NO5. The predicted octanol–water partition coefficient (Wildman–Crippen LogP) is 2.63. The SMILES string of the molecule is CCCOc1cccc(CC(=O)NCc2ccc(C(=O)O)o2)c1. The van der Waals surface area contributed by atoms with E-state index < -0.39 is 5.97 Å². The molecule has 2 N–H and O–H groups in total. The van der Waals surface area contributed by atoms with Gasteiger partial charge in [0.05, 0.1) is 19.6 Å². The lowest BCUT2D eigenvalue weighted by atomic mass is 10.1. The number of aromatic carboxylic acids is 1. The average Bonchev–Trinajstić information content (AvgIpc) is 3.00. The van der Waals surface area contributed by atoms with E-state index in [-0.39, 0.29) is 24.6 Å². The number of benzene rings is 1. The van der Waals surface area contributed by atoms with Crippen LogP contribution in [-0.2, 0) is 17.8 Å². The quantitative estimate of drug-likeness (QED) is 0.781. The number of amides is 1. The molecule has 122 valence electrons. The van der Waals surface area contributed by atoms with Crippen molar-refractivity contribution in [3.63, 3.8) is 0 Å². The van der Waals surface area contributed by atoms with Crippen molar-refractivity contribution < 1.29 is 23.8 Å². The Labute approximate surface area is 134 Å². The molecule has 0 fully saturated rings. The molecule has 6 nitrogen and oxygen atoms in total. The fourth-order valence-corrected chi connectivity index (χ4v) is 1.99.